The minimum atomic E-state index is -4.76. The predicted molar refractivity (Wildman–Crippen MR) is 260 cm³/mol. The number of primary amides is 1. The molecule has 4 N–H and O–H groups in total. The lowest BCUT2D eigenvalue weighted by Crippen LogP contribution is -2.55. The van der Waals surface area contributed by atoms with Gasteiger partial charge in [-0.05, 0) is 99.2 Å². The van der Waals surface area contributed by atoms with Crippen molar-refractivity contribution in [1.29, 1.82) is 0 Å². The number of rotatable bonds is 10. The van der Waals surface area contributed by atoms with Crippen molar-refractivity contribution in [3.8, 4) is 11.6 Å². The largest absolute Gasteiger partial charge is 0.489 e. The summed E-state index contributed by atoms with van der Waals surface area (Å²) >= 11 is 0. The number of fused-ring (bicyclic) bond motifs is 6. The molecule has 0 unspecified atom stereocenters. The number of likely N-dealkylation sites (tertiary alicyclic amines) is 2. The van der Waals surface area contributed by atoms with Gasteiger partial charge in [-0.1, -0.05) is 24.3 Å². The molecule has 19 heteroatoms. The molecule has 2 bridgehead atoms. The van der Waals surface area contributed by atoms with Crippen LogP contribution in [0.15, 0.2) is 76.7 Å². The Balaban J connectivity index is 0.893. The fraction of sp³-hybridized carbons (Fsp3) is 0.490. The Morgan fingerprint density at radius 1 is 1.00 bits per heavy atom. The lowest BCUT2D eigenvalue weighted by atomic mass is 9.59. The van der Waals surface area contributed by atoms with E-state index in [2.05, 4.69) is 56.2 Å². The summed E-state index contributed by atoms with van der Waals surface area (Å²) in [6.07, 6.45) is 8.52. The second kappa shape index (κ2) is 16.5. The Morgan fingerprint density at radius 2 is 1.84 bits per heavy atom. The van der Waals surface area contributed by atoms with Gasteiger partial charge in [0.2, 0.25) is 15.7 Å². The average Bonchev–Trinajstić information content (AvgIpc) is 4.22. The van der Waals surface area contributed by atoms with Crippen molar-refractivity contribution in [1.82, 2.24) is 19.8 Å². The number of aromatic nitrogens is 2. The molecule has 5 aromatic rings. The van der Waals surface area contributed by atoms with Crippen LogP contribution < -0.4 is 30.3 Å². The predicted octanol–water partition coefficient (Wildman–Crippen LogP) is 6.24. The van der Waals surface area contributed by atoms with Crippen LogP contribution in [0.5, 0.6) is 11.6 Å². The highest BCUT2D eigenvalue weighted by molar-refractivity contribution is 7.91. The molecule has 1 amide bonds. The van der Waals surface area contributed by atoms with Gasteiger partial charge >= 0.3 is 0 Å². The maximum Gasteiger partial charge on any atom is 0.297 e. The van der Waals surface area contributed by atoms with Gasteiger partial charge in [-0.25, -0.2) is 8.42 Å². The van der Waals surface area contributed by atoms with Crippen LogP contribution in [0.2, 0.25) is 0 Å². The number of H-pyrrole nitrogens is 1. The van der Waals surface area contributed by atoms with Crippen LogP contribution in [-0.4, -0.2) is 135 Å². The molecule has 1 saturated carbocycles. The van der Waals surface area contributed by atoms with Crippen LogP contribution in [0.1, 0.15) is 72.5 Å². The highest BCUT2D eigenvalue weighted by atomic mass is 32.2. The van der Waals surface area contributed by atoms with Crippen molar-refractivity contribution < 1.29 is 37.1 Å². The summed E-state index contributed by atoms with van der Waals surface area (Å²) in [5, 5.41) is 17.1. The van der Waals surface area contributed by atoms with Crippen LogP contribution in [-0.2, 0) is 19.3 Å². The number of aryl methyl sites for hydroxylation is 1. The molecule has 7 aliphatic heterocycles. The van der Waals surface area contributed by atoms with Crippen LogP contribution in [0, 0.1) is 22.5 Å². The van der Waals surface area contributed by atoms with Gasteiger partial charge in [0.1, 0.15) is 28.9 Å². The van der Waals surface area contributed by atoms with E-state index in [0.717, 1.165) is 63.1 Å². The van der Waals surface area contributed by atoms with Crippen molar-refractivity contribution in [2.45, 2.75) is 104 Å². The summed E-state index contributed by atoms with van der Waals surface area (Å²) in [4.78, 5) is 42.7. The van der Waals surface area contributed by atoms with Crippen molar-refractivity contribution in [3.63, 3.8) is 0 Å². The van der Waals surface area contributed by atoms with Gasteiger partial charge in [-0.3, -0.25) is 24.7 Å². The second-order valence-electron chi connectivity index (χ2n) is 20.9. The van der Waals surface area contributed by atoms with Gasteiger partial charge in [0.15, 0.2) is 11.4 Å². The van der Waals surface area contributed by atoms with Crippen LogP contribution in [0.4, 0.5) is 28.4 Å². The molecule has 9 heterocycles. The first-order valence-corrected chi connectivity index (χ1v) is 26.3. The van der Waals surface area contributed by atoms with Crippen molar-refractivity contribution in [2.75, 3.05) is 74.3 Å². The minimum absolute atomic E-state index is 0.0339. The number of nitrogens with one attached hydrogen (secondary N) is 2. The molecule has 1 aliphatic carbocycles. The van der Waals surface area contributed by atoms with Crippen LogP contribution in [0.25, 0.3) is 11.0 Å². The third-order valence-electron chi connectivity index (χ3n) is 16.9. The monoisotopic (exact) mass is 971 g/mol. The van der Waals surface area contributed by atoms with E-state index in [1.165, 1.54) is 23.6 Å². The molecule has 70 heavy (non-hydrogen) atoms. The second-order valence-corrected chi connectivity index (χ2v) is 22.7. The number of nitrogens with two attached hydrogens (primary N) is 1. The fourth-order valence-electron chi connectivity index (χ4n) is 13.3. The number of morpholine rings is 1. The van der Waals surface area contributed by atoms with Gasteiger partial charge in [0, 0.05) is 68.0 Å². The number of aromatic amines is 1. The average molecular weight is 972 g/mol. The number of nitrogens with zero attached hydrogens (tertiary/aromatic N) is 6. The number of anilines is 4. The van der Waals surface area contributed by atoms with E-state index in [0.29, 0.717) is 55.3 Å². The highest BCUT2D eigenvalue weighted by Gasteiger charge is 2.52. The summed E-state index contributed by atoms with van der Waals surface area (Å²) in [6, 6.07) is 18.5. The molecule has 6 atom stereocenters. The van der Waals surface area contributed by atoms with Gasteiger partial charge in [0.25, 0.3) is 11.6 Å². The van der Waals surface area contributed by atoms with Crippen molar-refractivity contribution in [2.24, 2.45) is 11.1 Å². The van der Waals surface area contributed by atoms with E-state index in [-0.39, 0.29) is 81.8 Å². The molecule has 2 aromatic heterocycles. The van der Waals surface area contributed by atoms with E-state index in [9.17, 15) is 14.9 Å². The quantitative estimate of drug-likeness (QED) is 0.104. The van der Waals surface area contributed by atoms with Crippen molar-refractivity contribution >= 4 is 55.2 Å². The molecular weight excluding hydrogens is 915 g/mol. The number of nitro benzene ring substituents is 1. The minimum Gasteiger partial charge on any atom is -0.489 e. The fourth-order valence-corrected chi connectivity index (χ4v) is 15.0. The number of hydrogen-bond acceptors (Lipinski definition) is 15. The molecule has 8 aliphatic rings. The molecular formula is C51H57N9O9S. The normalized spacial score (nSPS) is 27.2. The van der Waals surface area contributed by atoms with E-state index in [1.54, 1.807) is 23.2 Å². The maximum atomic E-state index is 16.1. The molecule has 1 spiro atoms. The number of ether oxygens (including phenoxy) is 4. The zero-order valence-corrected chi connectivity index (χ0v) is 39.9. The first-order chi connectivity index (χ1) is 33.9. The number of pyridine rings is 1. The van der Waals surface area contributed by atoms with Gasteiger partial charge in [0.05, 0.1) is 64.8 Å². The van der Waals surface area contributed by atoms with Gasteiger partial charge < -0.3 is 44.8 Å². The molecule has 13 rings (SSSR count). The molecule has 366 valence electrons. The topological polar surface area (TPSA) is 211 Å². The SMILES string of the molecule is Cc1ccccc1[C@@H]1CCCN1C1CC2(CCN(c3ccc(C(N)=O)c(N4c5cc6cc[nH]c6nc5O[C@@H]5COC[C@H]54)c3S(=O)(=O)c3cc4c(c([N+](=O)[O-])c3)N[C@@H](CN3C[C@H]5C[C@@H]3CO5)CO4)CC2)C1. The zero-order valence-electron chi connectivity index (χ0n) is 39.0. The highest BCUT2D eigenvalue weighted by Crippen LogP contribution is 2.56. The Labute approximate surface area is 405 Å². The number of amides is 1. The number of sulfone groups is 1. The van der Waals surface area contributed by atoms with E-state index in [4.69, 9.17) is 29.7 Å². The Kier molecular flexibility index (Phi) is 10.4. The summed E-state index contributed by atoms with van der Waals surface area (Å²) in [5.74, 6) is -0.540. The van der Waals surface area contributed by atoms with Crippen molar-refractivity contribution in [3.05, 3.63) is 93.7 Å². The van der Waals surface area contributed by atoms with Gasteiger partial charge in [-0.15, -0.1) is 0 Å². The number of carbonyl (C=O) groups excluding carboxylic acids is 1. The Hall–Kier alpha value is -5.99. The third-order valence-corrected chi connectivity index (χ3v) is 18.6. The standard InChI is InChI=1S/C51H57N9O9S/c1-29-5-2-3-6-36(29)38-7-4-14-58(38)33-21-51(22-33)11-15-56(16-12-51)39-9-8-37(48(52)61)46(59-41-17-30-10-13-53-49(30)55-50(41)69-44-28-66-27-42(44)59)47(39)70(64,65)35-19-40(60(62)63)45-43(20-35)68-25-31(54-45)23-57-24-34-18-32(57)26-67-34/h2-3,5-6,8-10,13,17,19-20,31-34,38,42,44,54H,4,7,11-12,14-16,18,21-28H2,1H3,(H2,52,61)(H,53,55)/t31-,32+,34+,38-,42+,44+/m0/s1. The first-order valence-electron chi connectivity index (χ1n) is 24.8. The molecule has 5 saturated heterocycles. The van der Waals surface area contributed by atoms with E-state index in [1.807, 2.05) is 12.1 Å². The maximum absolute atomic E-state index is 16.1. The van der Waals surface area contributed by atoms with Gasteiger partial charge in [-0.2, -0.15) is 4.98 Å². The summed E-state index contributed by atoms with van der Waals surface area (Å²) < 4.78 is 56.7. The lowest BCUT2D eigenvalue weighted by molar-refractivity contribution is -0.384. The summed E-state index contributed by atoms with van der Waals surface area (Å²) in [5.41, 5.74) is 10.2. The van der Waals surface area contributed by atoms with Crippen LogP contribution >= 0.6 is 0 Å². The number of carbonyl (C=O) groups is 1. The molecule has 3 aromatic carbocycles. The number of benzene rings is 3. The molecule has 0 radical (unpaired) electrons. The summed E-state index contributed by atoms with van der Waals surface area (Å²) in [6.45, 7) is 6.98. The Morgan fingerprint density at radius 3 is 2.61 bits per heavy atom. The number of nitro groups is 1. The lowest BCUT2D eigenvalue weighted by Gasteiger charge is -2.56. The molecule has 18 nitrogen and oxygen atoms in total. The molecule has 6 fully saturated rings. The first kappa shape index (κ1) is 44.0. The van der Waals surface area contributed by atoms with Crippen LogP contribution in [0.3, 0.4) is 0 Å². The smallest absolute Gasteiger partial charge is 0.297 e. The third kappa shape index (κ3) is 7.12. The van der Waals surface area contributed by atoms with E-state index >= 15 is 8.42 Å². The zero-order chi connectivity index (χ0) is 47.6. The number of hydrogen-bond donors (Lipinski definition) is 3. The summed E-state index contributed by atoms with van der Waals surface area (Å²) in [7, 11) is -4.76. The van der Waals surface area contributed by atoms with E-state index < -0.39 is 38.5 Å². The number of piperidine rings is 1. The Bertz CT molecular complexity index is 3060.